The van der Waals surface area contributed by atoms with E-state index in [9.17, 15) is 23.2 Å². The third-order valence-corrected chi connectivity index (χ3v) is 4.83. The molecule has 2 amide bonds. The summed E-state index contributed by atoms with van der Waals surface area (Å²) in [4.78, 5) is 20.3. The van der Waals surface area contributed by atoms with Crippen LogP contribution in [-0.2, 0) is 6.18 Å². The van der Waals surface area contributed by atoms with Crippen LogP contribution >= 0.6 is 0 Å². The summed E-state index contributed by atoms with van der Waals surface area (Å²) in [6, 6.07) is 9.54. The molecule has 2 heterocycles. The highest BCUT2D eigenvalue weighted by Gasteiger charge is 2.31. The van der Waals surface area contributed by atoms with Gasteiger partial charge in [-0.15, -0.1) is 0 Å². The summed E-state index contributed by atoms with van der Waals surface area (Å²) in [6.45, 7) is 3.51. The highest BCUT2D eigenvalue weighted by molar-refractivity contribution is 5.75. The van der Waals surface area contributed by atoms with Crippen molar-refractivity contribution in [2.24, 2.45) is 0 Å². The molecule has 0 aliphatic carbocycles. The lowest BCUT2D eigenvalue weighted by Crippen LogP contribution is -2.52. The van der Waals surface area contributed by atoms with Gasteiger partial charge in [-0.25, -0.2) is 9.78 Å². The van der Waals surface area contributed by atoms with Crippen molar-refractivity contribution in [1.29, 1.82) is 5.26 Å². The molecule has 1 aromatic heterocycles. The Kier molecular flexibility index (Phi) is 5.92. The number of aromatic nitrogens is 1. The molecule has 1 aliphatic heterocycles. The minimum atomic E-state index is -4.43. The van der Waals surface area contributed by atoms with Crippen molar-refractivity contribution in [3.05, 3.63) is 59.3 Å². The van der Waals surface area contributed by atoms with E-state index in [2.05, 4.69) is 16.4 Å². The summed E-state index contributed by atoms with van der Waals surface area (Å²) < 4.78 is 38.7. The molecule has 2 aromatic rings. The van der Waals surface area contributed by atoms with E-state index >= 15 is 0 Å². The average Bonchev–Trinajstić information content (AvgIpc) is 2.73. The first-order valence-corrected chi connectivity index (χ1v) is 9.12. The van der Waals surface area contributed by atoms with Crippen molar-refractivity contribution < 1.29 is 18.0 Å². The van der Waals surface area contributed by atoms with E-state index < -0.39 is 17.8 Å². The SMILES string of the molecule is CC(NC(=O)N1CCN(c2ncccc2C#N)CC1)c1cccc(C(F)(F)F)c1. The van der Waals surface area contributed by atoms with Crippen LogP contribution < -0.4 is 10.2 Å². The molecule has 3 rings (SSSR count). The van der Waals surface area contributed by atoms with Crippen molar-refractivity contribution in [3.8, 4) is 6.07 Å². The smallest absolute Gasteiger partial charge is 0.352 e. The van der Waals surface area contributed by atoms with E-state index in [4.69, 9.17) is 0 Å². The van der Waals surface area contributed by atoms with Crippen molar-refractivity contribution in [2.45, 2.75) is 19.1 Å². The fourth-order valence-electron chi connectivity index (χ4n) is 3.20. The molecule has 1 saturated heterocycles. The van der Waals surface area contributed by atoms with Gasteiger partial charge in [-0.05, 0) is 36.8 Å². The second-order valence-corrected chi connectivity index (χ2v) is 6.75. The van der Waals surface area contributed by atoms with Crippen LogP contribution in [0, 0.1) is 11.3 Å². The van der Waals surface area contributed by atoms with Gasteiger partial charge in [0.1, 0.15) is 11.9 Å². The molecular weight excluding hydrogens is 383 g/mol. The van der Waals surface area contributed by atoms with Gasteiger partial charge in [0.15, 0.2) is 0 Å². The van der Waals surface area contributed by atoms with Crippen molar-refractivity contribution in [1.82, 2.24) is 15.2 Å². The number of carbonyl (C=O) groups is 1. The Morgan fingerprint density at radius 3 is 2.59 bits per heavy atom. The van der Waals surface area contributed by atoms with E-state index in [0.717, 1.165) is 12.1 Å². The molecule has 152 valence electrons. The Morgan fingerprint density at radius 2 is 1.93 bits per heavy atom. The Balaban J connectivity index is 1.59. The Bertz CT molecular complexity index is 917. The standard InChI is InChI=1S/C20H20F3N5O/c1-14(15-4-2-6-17(12-15)20(21,22)23)26-19(29)28-10-8-27(9-11-28)18-16(13-24)5-3-7-25-18/h2-7,12,14H,8-11H2,1H3,(H,26,29). The lowest BCUT2D eigenvalue weighted by molar-refractivity contribution is -0.137. The highest BCUT2D eigenvalue weighted by atomic mass is 19.4. The molecule has 1 aliphatic rings. The molecule has 0 spiro atoms. The Labute approximate surface area is 166 Å². The van der Waals surface area contributed by atoms with Crippen LogP contribution in [0.2, 0.25) is 0 Å². The van der Waals surface area contributed by atoms with Crippen LogP contribution in [0.1, 0.15) is 29.7 Å². The largest absolute Gasteiger partial charge is 0.416 e. The predicted molar refractivity (Wildman–Crippen MR) is 101 cm³/mol. The first-order valence-electron chi connectivity index (χ1n) is 9.12. The zero-order valence-electron chi connectivity index (χ0n) is 15.8. The van der Waals surface area contributed by atoms with Gasteiger partial charge in [0.05, 0.1) is 17.2 Å². The third-order valence-electron chi connectivity index (χ3n) is 4.83. The number of pyridine rings is 1. The number of nitriles is 1. The fourth-order valence-corrected chi connectivity index (χ4v) is 3.20. The Hall–Kier alpha value is -3.28. The average molecular weight is 403 g/mol. The Morgan fingerprint density at radius 1 is 1.21 bits per heavy atom. The van der Waals surface area contributed by atoms with Gasteiger partial charge < -0.3 is 15.1 Å². The molecule has 1 fully saturated rings. The second kappa shape index (κ2) is 8.39. The van der Waals surface area contributed by atoms with Crippen LogP contribution in [0.3, 0.4) is 0 Å². The highest BCUT2D eigenvalue weighted by Crippen LogP contribution is 2.30. The van der Waals surface area contributed by atoms with E-state index in [1.54, 1.807) is 36.2 Å². The zero-order chi connectivity index (χ0) is 21.0. The van der Waals surface area contributed by atoms with Crippen LogP contribution in [-0.4, -0.2) is 42.1 Å². The summed E-state index contributed by atoms with van der Waals surface area (Å²) in [5.74, 6) is 0.590. The maximum absolute atomic E-state index is 12.9. The van der Waals surface area contributed by atoms with Crippen molar-refractivity contribution >= 4 is 11.8 Å². The van der Waals surface area contributed by atoms with Crippen LogP contribution in [0.15, 0.2) is 42.6 Å². The monoisotopic (exact) mass is 403 g/mol. The summed E-state index contributed by atoms with van der Waals surface area (Å²) in [5, 5.41) is 12.0. The summed E-state index contributed by atoms with van der Waals surface area (Å²) in [7, 11) is 0. The number of amides is 2. The van der Waals surface area contributed by atoms with Gasteiger partial charge >= 0.3 is 12.2 Å². The summed E-state index contributed by atoms with van der Waals surface area (Å²) in [5.41, 5.74) is 0.121. The molecule has 29 heavy (non-hydrogen) atoms. The van der Waals surface area contributed by atoms with Gasteiger partial charge in [-0.1, -0.05) is 12.1 Å². The number of urea groups is 1. The van der Waals surface area contributed by atoms with Gasteiger partial charge in [-0.2, -0.15) is 18.4 Å². The van der Waals surface area contributed by atoms with Crippen molar-refractivity contribution in [3.63, 3.8) is 0 Å². The quantitative estimate of drug-likeness (QED) is 0.851. The summed E-state index contributed by atoms with van der Waals surface area (Å²) in [6.07, 6.45) is -2.81. The number of piperazine rings is 1. The lowest BCUT2D eigenvalue weighted by Gasteiger charge is -2.36. The molecule has 1 unspecified atom stereocenters. The van der Waals surface area contributed by atoms with E-state index in [-0.39, 0.29) is 6.03 Å². The predicted octanol–water partition coefficient (Wildman–Crippen LogP) is 3.56. The zero-order valence-corrected chi connectivity index (χ0v) is 15.8. The minimum Gasteiger partial charge on any atom is -0.352 e. The van der Waals surface area contributed by atoms with Gasteiger partial charge in [0.2, 0.25) is 0 Å². The maximum atomic E-state index is 12.9. The van der Waals surface area contributed by atoms with Crippen LogP contribution in [0.5, 0.6) is 0 Å². The first-order chi connectivity index (χ1) is 13.8. The number of hydrogen-bond donors (Lipinski definition) is 1. The summed E-state index contributed by atoms with van der Waals surface area (Å²) >= 11 is 0. The number of anilines is 1. The number of alkyl halides is 3. The van der Waals surface area contributed by atoms with Gasteiger partial charge in [-0.3, -0.25) is 0 Å². The maximum Gasteiger partial charge on any atom is 0.416 e. The minimum absolute atomic E-state index is 0.337. The molecule has 1 N–H and O–H groups in total. The number of hydrogen-bond acceptors (Lipinski definition) is 4. The van der Waals surface area contributed by atoms with E-state index in [0.29, 0.717) is 43.1 Å². The third kappa shape index (κ3) is 4.77. The molecular formula is C20H20F3N5O. The number of halogens is 3. The number of nitrogens with one attached hydrogen (secondary N) is 1. The second-order valence-electron chi connectivity index (χ2n) is 6.75. The molecule has 1 atom stereocenters. The molecule has 6 nitrogen and oxygen atoms in total. The van der Waals surface area contributed by atoms with Crippen LogP contribution in [0.4, 0.5) is 23.8 Å². The van der Waals surface area contributed by atoms with E-state index in [1.807, 2.05) is 4.90 Å². The number of carbonyl (C=O) groups excluding carboxylic acids is 1. The topological polar surface area (TPSA) is 72.3 Å². The van der Waals surface area contributed by atoms with Gasteiger partial charge in [0.25, 0.3) is 0 Å². The van der Waals surface area contributed by atoms with Crippen molar-refractivity contribution in [2.75, 3.05) is 31.1 Å². The molecule has 0 bridgehead atoms. The molecule has 0 saturated carbocycles. The molecule has 9 heteroatoms. The lowest BCUT2D eigenvalue weighted by atomic mass is 10.1. The fraction of sp³-hybridized carbons (Fsp3) is 0.350. The number of benzene rings is 1. The molecule has 0 radical (unpaired) electrons. The first kappa shape index (κ1) is 20.5. The normalized spacial score (nSPS) is 15.6. The van der Waals surface area contributed by atoms with Gasteiger partial charge in [0, 0.05) is 32.4 Å². The van der Waals surface area contributed by atoms with E-state index in [1.165, 1.54) is 6.07 Å². The number of nitrogens with zero attached hydrogens (tertiary/aromatic N) is 4. The molecule has 1 aromatic carbocycles. The van der Waals surface area contributed by atoms with Crippen LogP contribution in [0.25, 0.3) is 0 Å². The number of rotatable bonds is 3.